The van der Waals surface area contributed by atoms with E-state index in [1.54, 1.807) is 6.20 Å². The Bertz CT molecular complexity index is 349. The van der Waals surface area contributed by atoms with Gasteiger partial charge in [0.15, 0.2) is 5.13 Å². The maximum atomic E-state index is 11.7. The van der Waals surface area contributed by atoms with E-state index in [1.165, 1.54) is 11.3 Å². The van der Waals surface area contributed by atoms with Gasteiger partial charge in [-0.3, -0.25) is 4.79 Å². The van der Waals surface area contributed by atoms with Crippen molar-refractivity contribution in [2.24, 2.45) is 0 Å². The number of carbonyl (C=O) groups excluding carboxylic acids is 1. The highest BCUT2D eigenvalue weighted by Gasteiger charge is 2.07. The summed E-state index contributed by atoms with van der Waals surface area (Å²) in [6.07, 6.45) is -0.907. The van der Waals surface area contributed by atoms with Crippen LogP contribution in [0, 0.1) is 0 Å². The summed E-state index contributed by atoms with van der Waals surface area (Å²) in [4.78, 5) is 15.1. The topological polar surface area (TPSA) is 51.2 Å². The van der Waals surface area contributed by atoms with Gasteiger partial charge in [0.05, 0.1) is 23.0 Å². The number of amides is 1. The molecule has 0 unspecified atom stereocenters. The molecule has 1 aromatic rings. The van der Waals surface area contributed by atoms with Crippen molar-refractivity contribution in [3.05, 3.63) is 9.98 Å². The molecule has 0 aromatic carbocycles. The average molecular weight is 315 g/mol. The first kappa shape index (κ1) is 13.5. The standard InChI is InChI=1S/C8H9BrF2N2O2S/c9-5-3-12-8(16-5)13-7(14)1-2-15-4-6(10)11/h3,6H,1-2,4H2,(H,12,13,14). The maximum Gasteiger partial charge on any atom is 0.261 e. The molecule has 1 heterocycles. The Morgan fingerprint density at radius 2 is 2.44 bits per heavy atom. The van der Waals surface area contributed by atoms with Crippen molar-refractivity contribution in [2.45, 2.75) is 12.8 Å². The predicted molar refractivity (Wildman–Crippen MR) is 59.9 cm³/mol. The van der Waals surface area contributed by atoms with Gasteiger partial charge in [0, 0.05) is 0 Å². The molecule has 4 nitrogen and oxygen atoms in total. The number of alkyl halides is 2. The molecule has 0 saturated heterocycles. The van der Waals surface area contributed by atoms with Crippen LogP contribution < -0.4 is 5.32 Å². The third kappa shape index (κ3) is 5.47. The van der Waals surface area contributed by atoms with Crippen molar-refractivity contribution < 1.29 is 18.3 Å². The minimum atomic E-state index is -2.50. The number of anilines is 1. The number of aromatic nitrogens is 1. The number of halogens is 3. The van der Waals surface area contributed by atoms with E-state index in [-0.39, 0.29) is 18.9 Å². The molecule has 0 radical (unpaired) electrons. The van der Waals surface area contributed by atoms with Crippen LogP contribution in [0.5, 0.6) is 0 Å². The summed E-state index contributed by atoms with van der Waals surface area (Å²) in [6.45, 7) is -0.668. The first-order valence-electron chi connectivity index (χ1n) is 4.35. The van der Waals surface area contributed by atoms with Crippen LogP contribution in [0.25, 0.3) is 0 Å². The van der Waals surface area contributed by atoms with Gasteiger partial charge in [-0.25, -0.2) is 13.8 Å². The van der Waals surface area contributed by atoms with E-state index in [2.05, 4.69) is 31.0 Å². The first-order valence-corrected chi connectivity index (χ1v) is 5.96. The summed E-state index contributed by atoms with van der Waals surface area (Å²) in [5.41, 5.74) is 0. The van der Waals surface area contributed by atoms with Gasteiger partial charge < -0.3 is 10.1 Å². The molecule has 1 amide bonds. The van der Waals surface area contributed by atoms with E-state index in [9.17, 15) is 13.6 Å². The van der Waals surface area contributed by atoms with Crippen molar-refractivity contribution in [1.82, 2.24) is 4.98 Å². The number of rotatable bonds is 6. The zero-order valence-corrected chi connectivity index (χ0v) is 10.5. The van der Waals surface area contributed by atoms with Crippen LogP contribution in [-0.2, 0) is 9.53 Å². The fourth-order valence-electron chi connectivity index (χ4n) is 0.831. The number of carbonyl (C=O) groups is 1. The quantitative estimate of drug-likeness (QED) is 0.821. The van der Waals surface area contributed by atoms with Crippen LogP contribution in [0.3, 0.4) is 0 Å². The number of nitrogens with zero attached hydrogens (tertiary/aromatic N) is 1. The smallest absolute Gasteiger partial charge is 0.261 e. The van der Waals surface area contributed by atoms with Crippen molar-refractivity contribution in [2.75, 3.05) is 18.5 Å². The van der Waals surface area contributed by atoms with E-state index in [4.69, 9.17) is 0 Å². The summed E-state index contributed by atoms with van der Waals surface area (Å²) in [5.74, 6) is -0.309. The van der Waals surface area contributed by atoms with Crippen molar-refractivity contribution in [3.8, 4) is 0 Å². The molecule has 1 rings (SSSR count). The molecular formula is C8H9BrF2N2O2S. The van der Waals surface area contributed by atoms with Crippen molar-refractivity contribution >= 4 is 38.3 Å². The number of hydrogen-bond donors (Lipinski definition) is 1. The van der Waals surface area contributed by atoms with Crippen LogP contribution in [-0.4, -0.2) is 30.5 Å². The summed E-state index contributed by atoms with van der Waals surface area (Å²) < 4.78 is 28.7. The van der Waals surface area contributed by atoms with Gasteiger partial charge in [-0.1, -0.05) is 11.3 Å². The molecule has 0 aliphatic rings. The molecule has 1 aromatic heterocycles. The molecule has 0 fully saturated rings. The molecular weight excluding hydrogens is 306 g/mol. The average Bonchev–Trinajstić information content (AvgIpc) is 2.58. The maximum absolute atomic E-state index is 11.7. The lowest BCUT2D eigenvalue weighted by Gasteiger charge is -2.03. The van der Waals surface area contributed by atoms with Crippen LogP contribution >= 0.6 is 27.3 Å². The molecule has 0 aliphatic heterocycles. The van der Waals surface area contributed by atoms with Crippen molar-refractivity contribution in [1.29, 1.82) is 0 Å². The monoisotopic (exact) mass is 314 g/mol. The van der Waals surface area contributed by atoms with Gasteiger partial charge in [-0.15, -0.1) is 0 Å². The predicted octanol–water partition coefficient (Wildman–Crippen LogP) is 2.52. The Morgan fingerprint density at radius 1 is 1.69 bits per heavy atom. The third-order valence-corrected chi connectivity index (χ3v) is 2.83. The zero-order chi connectivity index (χ0) is 12.0. The Labute approximate surface area is 103 Å². The highest BCUT2D eigenvalue weighted by atomic mass is 79.9. The number of hydrogen-bond acceptors (Lipinski definition) is 4. The van der Waals surface area contributed by atoms with Gasteiger partial charge >= 0.3 is 0 Å². The van der Waals surface area contributed by atoms with E-state index in [1.807, 2.05) is 0 Å². The number of nitrogens with one attached hydrogen (secondary N) is 1. The van der Waals surface area contributed by atoms with Crippen LogP contribution in [0.1, 0.15) is 6.42 Å². The second-order valence-corrected chi connectivity index (χ2v) is 5.14. The molecule has 0 saturated carbocycles. The van der Waals surface area contributed by atoms with Gasteiger partial charge in [0.2, 0.25) is 5.91 Å². The summed E-state index contributed by atoms with van der Waals surface area (Å²) in [7, 11) is 0. The highest BCUT2D eigenvalue weighted by molar-refractivity contribution is 9.11. The molecule has 90 valence electrons. The fraction of sp³-hybridized carbons (Fsp3) is 0.500. The normalized spacial score (nSPS) is 10.8. The van der Waals surface area contributed by atoms with E-state index >= 15 is 0 Å². The summed E-state index contributed by atoms with van der Waals surface area (Å²) in [6, 6.07) is 0. The second kappa shape index (κ2) is 6.87. The molecule has 16 heavy (non-hydrogen) atoms. The lowest BCUT2D eigenvalue weighted by molar-refractivity contribution is -0.117. The van der Waals surface area contributed by atoms with Gasteiger partial charge in [0.1, 0.15) is 6.61 Å². The molecule has 0 atom stereocenters. The summed E-state index contributed by atoms with van der Waals surface area (Å²) >= 11 is 4.47. The van der Waals surface area contributed by atoms with Crippen molar-refractivity contribution in [3.63, 3.8) is 0 Å². The Kier molecular flexibility index (Phi) is 5.78. The molecule has 0 aliphatic carbocycles. The Hall–Kier alpha value is -0.600. The third-order valence-electron chi connectivity index (χ3n) is 1.44. The zero-order valence-electron chi connectivity index (χ0n) is 8.08. The van der Waals surface area contributed by atoms with E-state index in [0.717, 1.165) is 3.79 Å². The van der Waals surface area contributed by atoms with Crippen LogP contribution in [0.2, 0.25) is 0 Å². The van der Waals surface area contributed by atoms with Gasteiger partial charge in [-0.2, -0.15) is 0 Å². The number of thiazole rings is 1. The Morgan fingerprint density at radius 3 is 3.00 bits per heavy atom. The van der Waals surface area contributed by atoms with Crippen LogP contribution in [0.15, 0.2) is 9.98 Å². The molecule has 0 bridgehead atoms. The minimum Gasteiger partial charge on any atom is -0.375 e. The van der Waals surface area contributed by atoms with Gasteiger partial charge in [0.25, 0.3) is 6.43 Å². The molecule has 8 heteroatoms. The molecule has 1 N–H and O–H groups in total. The van der Waals surface area contributed by atoms with E-state index in [0.29, 0.717) is 5.13 Å². The Balaban J connectivity index is 2.16. The lowest BCUT2D eigenvalue weighted by atomic mass is 10.4. The summed E-state index contributed by atoms with van der Waals surface area (Å²) in [5, 5.41) is 2.99. The fourth-order valence-corrected chi connectivity index (χ4v) is 1.95. The van der Waals surface area contributed by atoms with Gasteiger partial charge in [-0.05, 0) is 15.9 Å². The largest absolute Gasteiger partial charge is 0.375 e. The highest BCUT2D eigenvalue weighted by Crippen LogP contribution is 2.22. The SMILES string of the molecule is O=C(CCOCC(F)F)Nc1ncc(Br)s1. The van der Waals surface area contributed by atoms with E-state index < -0.39 is 13.0 Å². The van der Waals surface area contributed by atoms with Crippen LogP contribution in [0.4, 0.5) is 13.9 Å². The molecule has 0 spiro atoms. The second-order valence-electron chi connectivity index (χ2n) is 2.73. The number of ether oxygens (including phenoxy) is 1. The lowest BCUT2D eigenvalue weighted by Crippen LogP contribution is -2.15. The minimum absolute atomic E-state index is 0.0251. The first-order chi connectivity index (χ1) is 7.58.